The number of hydrogen-bond acceptors (Lipinski definition) is 4. The van der Waals surface area contributed by atoms with Gasteiger partial charge in [0.15, 0.2) is 0 Å². The molecule has 0 bridgehead atoms. The van der Waals surface area contributed by atoms with Crippen LogP contribution in [0.4, 0.5) is 0 Å². The summed E-state index contributed by atoms with van der Waals surface area (Å²) in [7, 11) is 1.71. The fourth-order valence-corrected chi connectivity index (χ4v) is 3.42. The Morgan fingerprint density at radius 2 is 2.00 bits per heavy atom. The number of nitrogens with one attached hydrogen (secondary N) is 1. The van der Waals surface area contributed by atoms with E-state index < -0.39 is 11.9 Å². The molecule has 2 amide bonds. The molecule has 7 heteroatoms. The third kappa shape index (κ3) is 3.58. The standard InChI is InChI=1S/C19H25N3O4/c1-3-10-26-11-4-5-13-6-7-14-16(12-13)21(2)19(25)22(14)15-8-9-17(23)20-18(15)24/h6-7,12,15H,3-5,8-11H2,1-2H3,(H,20,23,24). The number of fused-ring (bicyclic) bond motifs is 1. The Kier molecular flexibility index (Phi) is 5.56. The fraction of sp³-hybridized carbons (Fsp3) is 0.526. The first-order valence-corrected chi connectivity index (χ1v) is 9.14. The van der Waals surface area contributed by atoms with Crippen LogP contribution in [0.1, 0.15) is 44.2 Å². The van der Waals surface area contributed by atoms with E-state index in [4.69, 9.17) is 4.74 Å². The topological polar surface area (TPSA) is 82.3 Å². The molecule has 1 unspecified atom stereocenters. The third-order valence-electron chi connectivity index (χ3n) is 4.78. The minimum atomic E-state index is -0.641. The van der Waals surface area contributed by atoms with Gasteiger partial charge in [0.05, 0.1) is 11.0 Å². The van der Waals surface area contributed by atoms with Crippen LogP contribution in [-0.4, -0.2) is 34.2 Å². The van der Waals surface area contributed by atoms with Gasteiger partial charge in [-0.2, -0.15) is 0 Å². The van der Waals surface area contributed by atoms with E-state index in [2.05, 4.69) is 12.2 Å². The summed E-state index contributed by atoms with van der Waals surface area (Å²) in [5.41, 5.74) is 2.41. The van der Waals surface area contributed by atoms with Crippen LogP contribution < -0.4 is 11.0 Å². The number of nitrogens with zero attached hydrogens (tertiary/aromatic N) is 2. The highest BCUT2D eigenvalue weighted by molar-refractivity contribution is 6.00. The van der Waals surface area contributed by atoms with Crippen LogP contribution in [0, 0.1) is 0 Å². The number of aryl methyl sites for hydroxylation is 2. The molecule has 1 saturated heterocycles. The molecule has 26 heavy (non-hydrogen) atoms. The number of carbonyl (C=O) groups is 2. The molecule has 0 aliphatic carbocycles. The number of hydrogen-bond donors (Lipinski definition) is 1. The molecule has 0 radical (unpaired) electrons. The Morgan fingerprint density at radius 3 is 2.73 bits per heavy atom. The Morgan fingerprint density at radius 1 is 1.19 bits per heavy atom. The van der Waals surface area contributed by atoms with Gasteiger partial charge in [-0.15, -0.1) is 0 Å². The molecule has 1 aliphatic heterocycles. The average Bonchev–Trinajstić information content (AvgIpc) is 2.86. The van der Waals surface area contributed by atoms with E-state index >= 15 is 0 Å². The molecule has 1 N–H and O–H groups in total. The predicted octanol–water partition coefficient (Wildman–Crippen LogP) is 1.68. The molecule has 2 heterocycles. The number of benzene rings is 1. The van der Waals surface area contributed by atoms with Crippen LogP contribution in [0.5, 0.6) is 0 Å². The van der Waals surface area contributed by atoms with Crippen molar-refractivity contribution >= 4 is 22.8 Å². The van der Waals surface area contributed by atoms with Crippen LogP contribution in [0.2, 0.25) is 0 Å². The molecular weight excluding hydrogens is 334 g/mol. The summed E-state index contributed by atoms with van der Waals surface area (Å²) in [4.78, 5) is 36.3. The Labute approximate surface area is 151 Å². The first-order valence-electron chi connectivity index (χ1n) is 9.14. The summed E-state index contributed by atoms with van der Waals surface area (Å²) >= 11 is 0. The van der Waals surface area contributed by atoms with Crippen molar-refractivity contribution < 1.29 is 14.3 Å². The second kappa shape index (κ2) is 7.86. The molecule has 2 aromatic rings. The van der Waals surface area contributed by atoms with Crippen molar-refractivity contribution in [2.75, 3.05) is 13.2 Å². The van der Waals surface area contributed by atoms with E-state index in [9.17, 15) is 14.4 Å². The fourth-order valence-electron chi connectivity index (χ4n) is 3.42. The van der Waals surface area contributed by atoms with Gasteiger partial charge in [-0.05, 0) is 43.4 Å². The molecule has 0 saturated carbocycles. The maximum absolute atomic E-state index is 12.7. The Hall–Kier alpha value is -2.41. The van der Waals surface area contributed by atoms with Crippen LogP contribution in [0.3, 0.4) is 0 Å². The molecule has 0 spiro atoms. The summed E-state index contributed by atoms with van der Waals surface area (Å²) in [5, 5.41) is 2.32. The lowest BCUT2D eigenvalue weighted by Crippen LogP contribution is -2.44. The van der Waals surface area contributed by atoms with E-state index in [0.29, 0.717) is 6.42 Å². The Bertz CT molecular complexity index is 881. The molecule has 1 aromatic carbocycles. The Balaban J connectivity index is 1.85. The van der Waals surface area contributed by atoms with Crippen LogP contribution >= 0.6 is 0 Å². The number of rotatable bonds is 7. The van der Waals surface area contributed by atoms with E-state index in [1.54, 1.807) is 11.6 Å². The molecule has 1 aliphatic rings. The normalized spacial score (nSPS) is 17.7. The van der Waals surface area contributed by atoms with Crippen LogP contribution in [0.25, 0.3) is 11.0 Å². The molecule has 1 fully saturated rings. The maximum atomic E-state index is 12.7. The lowest BCUT2D eigenvalue weighted by molar-refractivity contribution is -0.135. The van der Waals surface area contributed by atoms with Crippen molar-refractivity contribution in [1.82, 2.24) is 14.5 Å². The van der Waals surface area contributed by atoms with Gasteiger partial charge in [0.25, 0.3) is 0 Å². The number of amides is 2. The van der Waals surface area contributed by atoms with Crippen molar-refractivity contribution in [3.05, 3.63) is 34.2 Å². The van der Waals surface area contributed by atoms with Crippen molar-refractivity contribution in [2.24, 2.45) is 7.05 Å². The second-order valence-corrected chi connectivity index (χ2v) is 6.72. The van der Waals surface area contributed by atoms with Crippen LogP contribution in [0.15, 0.2) is 23.0 Å². The number of aromatic nitrogens is 2. The first kappa shape index (κ1) is 18.4. The lowest BCUT2D eigenvalue weighted by atomic mass is 10.1. The zero-order chi connectivity index (χ0) is 18.7. The van der Waals surface area contributed by atoms with Crippen LogP contribution in [-0.2, 0) is 27.8 Å². The second-order valence-electron chi connectivity index (χ2n) is 6.72. The predicted molar refractivity (Wildman–Crippen MR) is 98.0 cm³/mol. The highest BCUT2D eigenvalue weighted by atomic mass is 16.5. The largest absolute Gasteiger partial charge is 0.381 e. The zero-order valence-electron chi connectivity index (χ0n) is 15.3. The average molecular weight is 359 g/mol. The minimum absolute atomic E-state index is 0.238. The molecule has 1 atom stereocenters. The smallest absolute Gasteiger partial charge is 0.329 e. The highest BCUT2D eigenvalue weighted by Crippen LogP contribution is 2.24. The number of imide groups is 1. The van der Waals surface area contributed by atoms with Crippen molar-refractivity contribution in [2.45, 2.75) is 45.1 Å². The molecule has 3 rings (SSSR count). The molecular formula is C19H25N3O4. The summed E-state index contributed by atoms with van der Waals surface area (Å²) in [6, 6.07) is 5.24. The SMILES string of the molecule is CCCOCCCc1ccc2c(c1)n(C)c(=O)n2C1CCC(=O)NC1=O. The van der Waals surface area contributed by atoms with E-state index in [-0.39, 0.29) is 18.0 Å². The number of imidazole rings is 1. The van der Waals surface area contributed by atoms with Gasteiger partial charge in [0.1, 0.15) is 6.04 Å². The lowest BCUT2D eigenvalue weighted by Gasteiger charge is -2.21. The van der Waals surface area contributed by atoms with Crippen molar-refractivity contribution in [3.63, 3.8) is 0 Å². The van der Waals surface area contributed by atoms with E-state index in [0.717, 1.165) is 49.1 Å². The van der Waals surface area contributed by atoms with Crippen molar-refractivity contribution in [1.29, 1.82) is 0 Å². The molecule has 1 aromatic heterocycles. The summed E-state index contributed by atoms with van der Waals surface area (Å²) < 4.78 is 8.58. The third-order valence-corrected chi connectivity index (χ3v) is 4.78. The highest BCUT2D eigenvalue weighted by Gasteiger charge is 2.31. The van der Waals surface area contributed by atoms with E-state index in [1.807, 2.05) is 18.2 Å². The summed E-state index contributed by atoms with van der Waals surface area (Å²) in [5.74, 6) is -0.694. The van der Waals surface area contributed by atoms with Gasteiger partial charge in [-0.25, -0.2) is 4.79 Å². The maximum Gasteiger partial charge on any atom is 0.329 e. The zero-order valence-corrected chi connectivity index (χ0v) is 15.3. The van der Waals surface area contributed by atoms with Gasteiger partial charge < -0.3 is 4.74 Å². The van der Waals surface area contributed by atoms with Gasteiger partial charge in [0.2, 0.25) is 11.8 Å². The first-order chi connectivity index (χ1) is 12.5. The monoisotopic (exact) mass is 359 g/mol. The number of piperidine rings is 1. The number of carbonyl (C=O) groups excluding carboxylic acids is 2. The van der Waals surface area contributed by atoms with Gasteiger partial charge in [-0.3, -0.25) is 24.0 Å². The number of ether oxygens (including phenoxy) is 1. The van der Waals surface area contributed by atoms with Gasteiger partial charge in [-0.1, -0.05) is 13.0 Å². The van der Waals surface area contributed by atoms with Gasteiger partial charge >= 0.3 is 5.69 Å². The van der Waals surface area contributed by atoms with Crippen molar-refractivity contribution in [3.8, 4) is 0 Å². The summed E-state index contributed by atoms with van der Waals surface area (Å²) in [6.07, 6.45) is 3.40. The quantitative estimate of drug-likeness (QED) is 0.602. The van der Waals surface area contributed by atoms with Gasteiger partial charge in [0, 0.05) is 26.7 Å². The molecule has 140 valence electrons. The molecule has 7 nitrogen and oxygen atoms in total. The van der Waals surface area contributed by atoms with E-state index in [1.165, 1.54) is 4.57 Å². The summed E-state index contributed by atoms with van der Waals surface area (Å²) in [6.45, 7) is 3.59. The minimum Gasteiger partial charge on any atom is -0.381 e.